The molecule has 1 rings (SSSR count). The van der Waals surface area contributed by atoms with E-state index in [1.165, 1.54) is 11.1 Å². The molecule has 1 aromatic rings. The van der Waals surface area contributed by atoms with E-state index in [4.69, 9.17) is 4.74 Å². The van der Waals surface area contributed by atoms with Crippen molar-refractivity contribution >= 4 is 12.0 Å². The summed E-state index contributed by atoms with van der Waals surface area (Å²) in [6, 6.07) is 10.1. The van der Waals surface area contributed by atoms with Gasteiger partial charge in [-0.25, -0.2) is 0 Å². The Labute approximate surface area is 110 Å². The standard InChI is InChI=1S/C16H22O2/c1-3-4-12-18-16(17)11-10-14(2)13-15-8-6-5-7-9-15/h5-9,13H,3-4,10-12H2,1-2H3/b14-13+. The molecule has 0 atom stereocenters. The van der Waals surface area contributed by atoms with Gasteiger partial charge in [-0.1, -0.05) is 55.3 Å². The molecule has 0 saturated carbocycles. The summed E-state index contributed by atoms with van der Waals surface area (Å²) < 4.78 is 5.12. The minimum Gasteiger partial charge on any atom is -0.466 e. The van der Waals surface area contributed by atoms with Gasteiger partial charge in [0.1, 0.15) is 0 Å². The number of carbonyl (C=O) groups is 1. The lowest BCUT2D eigenvalue weighted by molar-refractivity contribution is -0.143. The Balaban J connectivity index is 2.30. The zero-order valence-corrected chi connectivity index (χ0v) is 11.3. The van der Waals surface area contributed by atoms with E-state index in [1.54, 1.807) is 0 Å². The SMILES string of the molecule is CCCCOC(=O)CC/C(C)=C/c1ccccc1. The van der Waals surface area contributed by atoms with Gasteiger partial charge in [0.2, 0.25) is 0 Å². The predicted molar refractivity (Wildman–Crippen MR) is 75.2 cm³/mol. The topological polar surface area (TPSA) is 26.3 Å². The van der Waals surface area contributed by atoms with Crippen molar-refractivity contribution in [1.82, 2.24) is 0 Å². The molecule has 0 saturated heterocycles. The van der Waals surface area contributed by atoms with Gasteiger partial charge >= 0.3 is 5.97 Å². The lowest BCUT2D eigenvalue weighted by Gasteiger charge is -2.04. The number of allylic oxidation sites excluding steroid dienone is 1. The Morgan fingerprint density at radius 3 is 2.61 bits per heavy atom. The van der Waals surface area contributed by atoms with Gasteiger partial charge in [-0.3, -0.25) is 4.79 Å². The zero-order chi connectivity index (χ0) is 13.2. The molecule has 2 nitrogen and oxygen atoms in total. The fourth-order valence-electron chi connectivity index (χ4n) is 1.61. The van der Waals surface area contributed by atoms with Crippen LogP contribution in [0.15, 0.2) is 35.9 Å². The molecule has 98 valence electrons. The smallest absolute Gasteiger partial charge is 0.306 e. The van der Waals surface area contributed by atoms with Crippen LogP contribution in [0.2, 0.25) is 0 Å². The molecule has 0 aliphatic carbocycles. The summed E-state index contributed by atoms with van der Waals surface area (Å²) in [6.45, 7) is 4.68. The molecular formula is C16H22O2. The molecule has 0 N–H and O–H groups in total. The van der Waals surface area contributed by atoms with E-state index in [0.717, 1.165) is 19.3 Å². The maximum Gasteiger partial charge on any atom is 0.306 e. The summed E-state index contributed by atoms with van der Waals surface area (Å²) in [5, 5.41) is 0. The molecule has 0 aliphatic heterocycles. The highest BCUT2D eigenvalue weighted by Gasteiger charge is 2.02. The summed E-state index contributed by atoms with van der Waals surface area (Å²) >= 11 is 0. The molecule has 0 bridgehead atoms. The molecule has 0 spiro atoms. The minimum absolute atomic E-state index is 0.0933. The van der Waals surface area contributed by atoms with Crippen LogP contribution in [0.5, 0.6) is 0 Å². The lowest BCUT2D eigenvalue weighted by atomic mass is 10.1. The Morgan fingerprint density at radius 2 is 1.94 bits per heavy atom. The highest BCUT2D eigenvalue weighted by Crippen LogP contribution is 2.11. The van der Waals surface area contributed by atoms with Crippen LogP contribution in [0, 0.1) is 0 Å². The number of carbonyl (C=O) groups excluding carboxylic acids is 1. The molecule has 18 heavy (non-hydrogen) atoms. The van der Waals surface area contributed by atoms with E-state index in [1.807, 2.05) is 25.1 Å². The molecule has 0 radical (unpaired) electrons. The normalized spacial score (nSPS) is 11.3. The molecule has 0 aromatic heterocycles. The van der Waals surface area contributed by atoms with Crippen LogP contribution in [-0.2, 0) is 9.53 Å². The summed E-state index contributed by atoms with van der Waals surface area (Å²) in [4.78, 5) is 11.4. The first kappa shape index (κ1) is 14.5. The van der Waals surface area contributed by atoms with Crippen LogP contribution in [0.4, 0.5) is 0 Å². The van der Waals surface area contributed by atoms with Gasteiger partial charge < -0.3 is 4.74 Å². The van der Waals surface area contributed by atoms with Crippen LogP contribution in [-0.4, -0.2) is 12.6 Å². The minimum atomic E-state index is -0.0933. The molecule has 0 aliphatic rings. The summed E-state index contributed by atoms with van der Waals surface area (Å²) in [7, 11) is 0. The largest absolute Gasteiger partial charge is 0.466 e. The van der Waals surface area contributed by atoms with Gasteiger partial charge in [-0.05, 0) is 25.3 Å². The second-order valence-corrected chi connectivity index (χ2v) is 4.48. The number of rotatable bonds is 7. The van der Waals surface area contributed by atoms with Crippen LogP contribution in [0.25, 0.3) is 6.08 Å². The second kappa shape index (κ2) is 8.51. The third kappa shape index (κ3) is 6.24. The molecule has 0 heterocycles. The molecule has 1 aromatic carbocycles. The first-order chi connectivity index (χ1) is 8.72. The third-order valence-corrected chi connectivity index (χ3v) is 2.70. The summed E-state index contributed by atoms with van der Waals surface area (Å²) in [5.74, 6) is -0.0933. The number of hydrogen-bond acceptors (Lipinski definition) is 2. The first-order valence-electron chi connectivity index (χ1n) is 6.60. The Bertz CT molecular complexity index is 379. The van der Waals surface area contributed by atoms with Crippen molar-refractivity contribution in [2.45, 2.75) is 39.5 Å². The van der Waals surface area contributed by atoms with Crippen LogP contribution in [0.3, 0.4) is 0 Å². The van der Waals surface area contributed by atoms with Crippen molar-refractivity contribution in [1.29, 1.82) is 0 Å². The average molecular weight is 246 g/mol. The molecule has 2 heteroatoms. The zero-order valence-electron chi connectivity index (χ0n) is 11.3. The lowest BCUT2D eigenvalue weighted by Crippen LogP contribution is -2.05. The van der Waals surface area contributed by atoms with Gasteiger partial charge in [-0.2, -0.15) is 0 Å². The summed E-state index contributed by atoms with van der Waals surface area (Å²) in [6.07, 6.45) is 5.35. The quantitative estimate of drug-likeness (QED) is 0.532. The van der Waals surface area contributed by atoms with Crippen molar-refractivity contribution < 1.29 is 9.53 Å². The Kier molecular flexibility index (Phi) is 6.85. The van der Waals surface area contributed by atoms with Gasteiger partial charge in [0.05, 0.1) is 6.61 Å². The van der Waals surface area contributed by atoms with Crippen LogP contribution in [0.1, 0.15) is 45.1 Å². The van der Waals surface area contributed by atoms with Crippen molar-refractivity contribution in [2.24, 2.45) is 0 Å². The molecular weight excluding hydrogens is 224 g/mol. The first-order valence-corrected chi connectivity index (χ1v) is 6.60. The number of unbranched alkanes of at least 4 members (excludes halogenated alkanes) is 1. The van der Waals surface area contributed by atoms with E-state index < -0.39 is 0 Å². The highest BCUT2D eigenvalue weighted by atomic mass is 16.5. The fraction of sp³-hybridized carbons (Fsp3) is 0.438. The van der Waals surface area contributed by atoms with Gasteiger partial charge in [0, 0.05) is 6.42 Å². The van der Waals surface area contributed by atoms with Gasteiger partial charge in [-0.15, -0.1) is 0 Å². The van der Waals surface area contributed by atoms with Crippen LogP contribution >= 0.6 is 0 Å². The highest BCUT2D eigenvalue weighted by molar-refractivity contribution is 5.70. The van der Waals surface area contributed by atoms with Crippen molar-refractivity contribution in [2.75, 3.05) is 6.61 Å². The summed E-state index contributed by atoms with van der Waals surface area (Å²) in [5.41, 5.74) is 2.38. The van der Waals surface area contributed by atoms with Crippen molar-refractivity contribution in [3.05, 3.63) is 41.5 Å². The molecule has 0 unspecified atom stereocenters. The maximum absolute atomic E-state index is 11.4. The van der Waals surface area contributed by atoms with E-state index in [2.05, 4.69) is 25.1 Å². The molecule has 0 fully saturated rings. The fourth-order valence-corrected chi connectivity index (χ4v) is 1.61. The number of ether oxygens (including phenoxy) is 1. The van der Waals surface area contributed by atoms with E-state index in [-0.39, 0.29) is 5.97 Å². The third-order valence-electron chi connectivity index (χ3n) is 2.70. The Hall–Kier alpha value is -1.57. The van der Waals surface area contributed by atoms with Gasteiger partial charge in [0.25, 0.3) is 0 Å². The number of benzene rings is 1. The van der Waals surface area contributed by atoms with Crippen LogP contribution < -0.4 is 0 Å². The Morgan fingerprint density at radius 1 is 1.22 bits per heavy atom. The number of hydrogen-bond donors (Lipinski definition) is 0. The number of esters is 1. The van der Waals surface area contributed by atoms with E-state index in [9.17, 15) is 4.79 Å². The van der Waals surface area contributed by atoms with Crippen molar-refractivity contribution in [3.63, 3.8) is 0 Å². The van der Waals surface area contributed by atoms with Gasteiger partial charge in [0.15, 0.2) is 0 Å². The maximum atomic E-state index is 11.4. The van der Waals surface area contributed by atoms with E-state index in [0.29, 0.717) is 13.0 Å². The molecule has 0 amide bonds. The van der Waals surface area contributed by atoms with Crippen molar-refractivity contribution in [3.8, 4) is 0 Å². The predicted octanol–water partition coefficient (Wildman–Crippen LogP) is 4.21. The monoisotopic (exact) mass is 246 g/mol. The average Bonchev–Trinajstić information content (AvgIpc) is 2.38. The van der Waals surface area contributed by atoms with E-state index >= 15 is 0 Å². The second-order valence-electron chi connectivity index (χ2n) is 4.48.